The minimum absolute atomic E-state index is 0.278. The molecule has 0 bridgehead atoms. The molecule has 114 valence electrons. The molecule has 0 atom stereocenters. The van der Waals surface area contributed by atoms with Gasteiger partial charge in [-0.15, -0.1) is 0 Å². The van der Waals surface area contributed by atoms with Crippen LogP contribution in [-0.2, 0) is 10.0 Å². The lowest BCUT2D eigenvalue weighted by Crippen LogP contribution is -2.37. The van der Waals surface area contributed by atoms with Crippen molar-refractivity contribution in [2.24, 2.45) is 5.92 Å². The highest BCUT2D eigenvalue weighted by atomic mass is 32.2. The molecule has 0 radical (unpaired) electrons. The van der Waals surface area contributed by atoms with Gasteiger partial charge in [0.1, 0.15) is 0 Å². The Labute approximate surface area is 119 Å². The van der Waals surface area contributed by atoms with Gasteiger partial charge in [-0.25, -0.2) is 12.7 Å². The molecule has 0 heterocycles. The molecule has 0 amide bonds. The Bertz CT molecular complexity index is 335. The van der Waals surface area contributed by atoms with Crippen molar-refractivity contribution < 1.29 is 8.42 Å². The number of hydrogen-bond acceptors (Lipinski definition) is 3. The molecule has 1 saturated carbocycles. The van der Waals surface area contributed by atoms with Crippen LogP contribution in [0.4, 0.5) is 0 Å². The highest BCUT2D eigenvalue weighted by Gasteiger charge is 2.23. The summed E-state index contributed by atoms with van der Waals surface area (Å²) in [4.78, 5) is 0. The normalized spacial score (nSPS) is 16.5. The minimum Gasteiger partial charge on any atom is -0.314 e. The van der Waals surface area contributed by atoms with Crippen molar-refractivity contribution in [3.8, 4) is 0 Å². The average Bonchev–Trinajstić information content (AvgIpc) is 3.20. The van der Waals surface area contributed by atoms with Crippen LogP contribution < -0.4 is 5.32 Å². The fourth-order valence-corrected chi connectivity index (χ4v) is 3.85. The third kappa shape index (κ3) is 6.23. The van der Waals surface area contributed by atoms with E-state index in [1.807, 2.05) is 6.92 Å². The van der Waals surface area contributed by atoms with Gasteiger partial charge in [-0.05, 0) is 31.7 Å². The molecule has 1 aliphatic rings. The van der Waals surface area contributed by atoms with Crippen molar-refractivity contribution in [3.05, 3.63) is 0 Å². The second kappa shape index (κ2) is 8.22. The van der Waals surface area contributed by atoms with E-state index >= 15 is 0 Å². The van der Waals surface area contributed by atoms with Crippen LogP contribution in [0.25, 0.3) is 0 Å². The first-order chi connectivity index (χ1) is 9.03. The number of hydrogen-bond donors (Lipinski definition) is 1. The predicted octanol–water partition coefficient (Wildman–Crippen LogP) is 2.22. The maximum absolute atomic E-state index is 12.3. The van der Waals surface area contributed by atoms with E-state index in [0.29, 0.717) is 25.0 Å². The molecule has 0 spiro atoms. The van der Waals surface area contributed by atoms with Crippen LogP contribution in [-0.4, -0.2) is 44.2 Å². The van der Waals surface area contributed by atoms with Crippen molar-refractivity contribution in [1.29, 1.82) is 0 Å². The summed E-state index contributed by atoms with van der Waals surface area (Å²) in [5, 5.41) is 3.37. The van der Waals surface area contributed by atoms with Crippen LogP contribution in [0.5, 0.6) is 0 Å². The molecule has 4 nitrogen and oxygen atoms in total. The largest absolute Gasteiger partial charge is 0.314 e. The molecule has 19 heavy (non-hydrogen) atoms. The Hall–Kier alpha value is -0.130. The summed E-state index contributed by atoms with van der Waals surface area (Å²) in [6, 6.07) is 0.662. The second-order valence-electron chi connectivity index (χ2n) is 5.53. The Morgan fingerprint density at radius 1 is 1.21 bits per heavy atom. The lowest BCUT2D eigenvalue weighted by atomic mass is 10.0. The number of sulfonamides is 1. The molecule has 0 aliphatic heterocycles. The topological polar surface area (TPSA) is 49.4 Å². The monoisotopic (exact) mass is 290 g/mol. The van der Waals surface area contributed by atoms with Crippen molar-refractivity contribution >= 4 is 10.0 Å². The van der Waals surface area contributed by atoms with Gasteiger partial charge in [-0.2, -0.15) is 0 Å². The first kappa shape index (κ1) is 16.9. The predicted molar refractivity (Wildman–Crippen MR) is 80.7 cm³/mol. The quantitative estimate of drug-likeness (QED) is 0.594. The molecule has 1 rings (SSSR count). The summed E-state index contributed by atoms with van der Waals surface area (Å²) < 4.78 is 26.2. The Morgan fingerprint density at radius 3 is 2.32 bits per heavy atom. The standard InChI is InChI=1S/C14H30N2O2S/c1-4-13(5-2)12-16(6-3)19(17,18)11-7-10-15-14-8-9-14/h13-15H,4-12H2,1-3H3. The van der Waals surface area contributed by atoms with E-state index in [1.54, 1.807) is 4.31 Å². The first-order valence-electron chi connectivity index (χ1n) is 7.74. The average molecular weight is 290 g/mol. The van der Waals surface area contributed by atoms with E-state index in [-0.39, 0.29) is 5.75 Å². The molecule has 0 saturated heterocycles. The van der Waals surface area contributed by atoms with E-state index in [0.717, 1.165) is 25.8 Å². The lowest BCUT2D eigenvalue weighted by Gasteiger charge is -2.24. The van der Waals surface area contributed by atoms with Crippen LogP contribution in [0.15, 0.2) is 0 Å². The summed E-state index contributed by atoms with van der Waals surface area (Å²) in [5.41, 5.74) is 0. The van der Waals surface area contributed by atoms with Crippen LogP contribution in [0.1, 0.15) is 52.9 Å². The molecule has 5 heteroatoms. The van der Waals surface area contributed by atoms with Gasteiger partial charge in [0.05, 0.1) is 5.75 Å². The molecule has 0 aromatic carbocycles. The molecular weight excluding hydrogens is 260 g/mol. The second-order valence-corrected chi connectivity index (χ2v) is 7.62. The fraction of sp³-hybridized carbons (Fsp3) is 1.00. The van der Waals surface area contributed by atoms with Crippen LogP contribution in [0.3, 0.4) is 0 Å². The zero-order valence-electron chi connectivity index (χ0n) is 12.7. The Balaban J connectivity index is 2.36. The van der Waals surface area contributed by atoms with E-state index in [2.05, 4.69) is 19.2 Å². The third-order valence-corrected chi connectivity index (χ3v) is 5.95. The molecule has 1 N–H and O–H groups in total. The lowest BCUT2D eigenvalue weighted by molar-refractivity contribution is 0.339. The van der Waals surface area contributed by atoms with E-state index in [1.165, 1.54) is 12.8 Å². The number of rotatable bonds is 11. The van der Waals surface area contributed by atoms with Gasteiger partial charge in [0, 0.05) is 19.1 Å². The molecule has 0 unspecified atom stereocenters. The smallest absolute Gasteiger partial charge is 0.214 e. The van der Waals surface area contributed by atoms with Gasteiger partial charge in [0.15, 0.2) is 0 Å². The van der Waals surface area contributed by atoms with E-state index in [9.17, 15) is 8.42 Å². The van der Waals surface area contributed by atoms with Gasteiger partial charge in [0.25, 0.3) is 0 Å². The molecule has 0 aromatic rings. The van der Waals surface area contributed by atoms with Crippen molar-refractivity contribution in [3.63, 3.8) is 0 Å². The van der Waals surface area contributed by atoms with Crippen LogP contribution >= 0.6 is 0 Å². The maximum atomic E-state index is 12.3. The van der Waals surface area contributed by atoms with Crippen molar-refractivity contribution in [2.45, 2.75) is 58.9 Å². The Morgan fingerprint density at radius 2 is 1.84 bits per heavy atom. The summed E-state index contributed by atoms with van der Waals surface area (Å²) in [5.74, 6) is 0.764. The summed E-state index contributed by atoms with van der Waals surface area (Å²) in [6.07, 6.45) is 5.32. The van der Waals surface area contributed by atoms with E-state index in [4.69, 9.17) is 0 Å². The van der Waals surface area contributed by atoms with Gasteiger partial charge in [0.2, 0.25) is 10.0 Å². The number of nitrogens with zero attached hydrogens (tertiary/aromatic N) is 1. The molecule has 0 aromatic heterocycles. The summed E-state index contributed by atoms with van der Waals surface area (Å²) in [6.45, 7) is 8.30. The van der Waals surface area contributed by atoms with Gasteiger partial charge in [-0.1, -0.05) is 33.6 Å². The zero-order valence-corrected chi connectivity index (χ0v) is 13.5. The first-order valence-corrected chi connectivity index (χ1v) is 9.35. The third-order valence-electron chi connectivity index (χ3n) is 3.95. The maximum Gasteiger partial charge on any atom is 0.214 e. The Kier molecular flexibility index (Phi) is 7.32. The van der Waals surface area contributed by atoms with Crippen molar-refractivity contribution in [2.75, 3.05) is 25.4 Å². The number of nitrogens with one attached hydrogen (secondary N) is 1. The van der Waals surface area contributed by atoms with E-state index < -0.39 is 10.0 Å². The summed E-state index contributed by atoms with van der Waals surface area (Å²) in [7, 11) is -3.07. The van der Waals surface area contributed by atoms with Crippen molar-refractivity contribution in [1.82, 2.24) is 9.62 Å². The molecular formula is C14H30N2O2S. The highest BCUT2D eigenvalue weighted by molar-refractivity contribution is 7.89. The van der Waals surface area contributed by atoms with Crippen LogP contribution in [0.2, 0.25) is 0 Å². The summed E-state index contributed by atoms with van der Waals surface area (Å²) >= 11 is 0. The van der Waals surface area contributed by atoms with Gasteiger partial charge >= 0.3 is 0 Å². The van der Waals surface area contributed by atoms with Gasteiger partial charge < -0.3 is 5.32 Å². The zero-order chi connectivity index (χ0) is 14.3. The fourth-order valence-electron chi connectivity index (χ4n) is 2.25. The van der Waals surface area contributed by atoms with Crippen LogP contribution in [0, 0.1) is 5.92 Å². The SMILES string of the molecule is CCC(CC)CN(CC)S(=O)(=O)CCCNC1CC1. The highest BCUT2D eigenvalue weighted by Crippen LogP contribution is 2.18. The molecule has 1 fully saturated rings. The molecule has 1 aliphatic carbocycles. The minimum atomic E-state index is -3.07. The van der Waals surface area contributed by atoms with Gasteiger partial charge in [-0.3, -0.25) is 0 Å².